The van der Waals surface area contributed by atoms with Gasteiger partial charge in [0.1, 0.15) is 28.7 Å². The van der Waals surface area contributed by atoms with Crippen LogP contribution in [0.2, 0.25) is 0 Å². The molecule has 2 aromatic rings. The number of hydrogen-bond donors (Lipinski definition) is 0. The monoisotopic (exact) mass is 419 g/mol. The summed E-state index contributed by atoms with van der Waals surface area (Å²) >= 11 is 1.41. The zero-order chi connectivity index (χ0) is 21.0. The van der Waals surface area contributed by atoms with Crippen LogP contribution < -0.4 is 9.47 Å². The molecule has 154 valence electrons. The van der Waals surface area contributed by atoms with Crippen LogP contribution in [0.4, 0.5) is 0 Å². The molecular formula is C20H21NO7S. The third-order valence-corrected chi connectivity index (χ3v) is 5.76. The molecule has 8 nitrogen and oxygen atoms in total. The number of furan rings is 1. The maximum Gasteiger partial charge on any atom is 0.330 e. The van der Waals surface area contributed by atoms with Gasteiger partial charge in [-0.3, -0.25) is 9.59 Å². The van der Waals surface area contributed by atoms with Crippen molar-refractivity contribution in [3.63, 3.8) is 0 Å². The van der Waals surface area contributed by atoms with Gasteiger partial charge in [-0.05, 0) is 24.3 Å². The molecule has 2 heterocycles. The van der Waals surface area contributed by atoms with Gasteiger partial charge in [0.05, 0.1) is 26.0 Å². The lowest BCUT2D eigenvalue weighted by molar-refractivity contribution is -0.152. The van der Waals surface area contributed by atoms with Crippen LogP contribution >= 0.6 is 11.8 Å². The molecule has 0 spiro atoms. The highest BCUT2D eigenvalue weighted by molar-refractivity contribution is 7.99. The number of carbonyl (C=O) groups is 3. The SMILES string of the molecule is COc1ccc(C(=O)COC(=O)[C@@H]2CS[C@@H](c3ccco3)N2C(C)=O)c(OC)c1. The van der Waals surface area contributed by atoms with E-state index in [2.05, 4.69) is 0 Å². The fourth-order valence-corrected chi connectivity index (χ4v) is 4.48. The van der Waals surface area contributed by atoms with Gasteiger partial charge in [-0.25, -0.2) is 4.79 Å². The highest BCUT2D eigenvalue weighted by Crippen LogP contribution is 2.41. The average Bonchev–Trinajstić information content (AvgIpc) is 3.40. The summed E-state index contributed by atoms with van der Waals surface area (Å²) in [5, 5.41) is -0.405. The number of esters is 1. The number of ketones is 1. The van der Waals surface area contributed by atoms with E-state index in [4.69, 9.17) is 18.6 Å². The van der Waals surface area contributed by atoms with Gasteiger partial charge in [0.15, 0.2) is 6.61 Å². The molecule has 29 heavy (non-hydrogen) atoms. The molecule has 1 fully saturated rings. The number of benzene rings is 1. The van der Waals surface area contributed by atoms with Gasteiger partial charge in [-0.15, -0.1) is 11.8 Å². The van der Waals surface area contributed by atoms with Crippen molar-refractivity contribution in [2.24, 2.45) is 0 Å². The molecule has 0 N–H and O–H groups in total. The van der Waals surface area contributed by atoms with Gasteiger partial charge < -0.3 is 23.5 Å². The van der Waals surface area contributed by atoms with Crippen LogP contribution in [0.5, 0.6) is 11.5 Å². The fraction of sp³-hybridized carbons (Fsp3) is 0.350. The second kappa shape index (κ2) is 9.04. The lowest BCUT2D eigenvalue weighted by Gasteiger charge is -2.25. The van der Waals surface area contributed by atoms with Crippen molar-refractivity contribution in [3.05, 3.63) is 47.9 Å². The van der Waals surface area contributed by atoms with E-state index < -0.39 is 29.8 Å². The van der Waals surface area contributed by atoms with Crippen LogP contribution in [0, 0.1) is 0 Å². The van der Waals surface area contributed by atoms with Crippen LogP contribution in [0.1, 0.15) is 28.4 Å². The summed E-state index contributed by atoms with van der Waals surface area (Å²) < 4.78 is 20.9. The van der Waals surface area contributed by atoms with E-state index >= 15 is 0 Å². The summed E-state index contributed by atoms with van der Waals surface area (Å²) in [5.74, 6) is 0.470. The number of rotatable bonds is 7. The summed E-state index contributed by atoms with van der Waals surface area (Å²) in [7, 11) is 2.95. The Kier molecular flexibility index (Phi) is 6.48. The Morgan fingerprint density at radius 3 is 2.62 bits per heavy atom. The van der Waals surface area contributed by atoms with E-state index in [1.165, 1.54) is 44.1 Å². The predicted octanol–water partition coefficient (Wildman–Crippen LogP) is 2.69. The minimum absolute atomic E-state index is 0.276. The van der Waals surface area contributed by atoms with Gasteiger partial charge in [0.2, 0.25) is 11.7 Å². The minimum Gasteiger partial charge on any atom is -0.497 e. The average molecular weight is 419 g/mol. The van der Waals surface area contributed by atoms with Crippen molar-refractivity contribution in [2.75, 3.05) is 26.6 Å². The molecule has 1 aliphatic rings. The van der Waals surface area contributed by atoms with Gasteiger partial charge >= 0.3 is 5.97 Å². The van der Waals surface area contributed by atoms with Crippen molar-refractivity contribution in [3.8, 4) is 11.5 Å². The summed E-state index contributed by atoms with van der Waals surface area (Å²) in [4.78, 5) is 38.7. The third kappa shape index (κ3) is 4.40. The Morgan fingerprint density at radius 1 is 1.21 bits per heavy atom. The molecule has 1 amide bonds. The fourth-order valence-electron chi connectivity index (χ4n) is 3.06. The molecule has 0 saturated carbocycles. The molecular weight excluding hydrogens is 398 g/mol. The summed E-state index contributed by atoms with van der Waals surface area (Å²) in [6, 6.07) is 7.43. The van der Waals surface area contributed by atoms with E-state index in [9.17, 15) is 14.4 Å². The van der Waals surface area contributed by atoms with E-state index in [-0.39, 0.29) is 11.5 Å². The van der Waals surface area contributed by atoms with Gasteiger partial charge in [-0.2, -0.15) is 0 Å². The maximum absolute atomic E-state index is 12.6. The zero-order valence-electron chi connectivity index (χ0n) is 16.2. The Hall–Kier alpha value is -2.94. The van der Waals surface area contributed by atoms with E-state index in [0.717, 1.165) is 0 Å². The van der Waals surface area contributed by atoms with Gasteiger partial charge in [-0.1, -0.05) is 0 Å². The normalized spacial score (nSPS) is 18.4. The minimum atomic E-state index is -0.793. The molecule has 9 heteroatoms. The van der Waals surface area contributed by atoms with Crippen LogP contribution in [-0.4, -0.2) is 55.2 Å². The van der Waals surface area contributed by atoms with Crippen molar-refractivity contribution < 1.29 is 33.0 Å². The Balaban J connectivity index is 1.67. The van der Waals surface area contributed by atoms with E-state index in [1.54, 1.807) is 30.3 Å². The first-order chi connectivity index (χ1) is 14.0. The maximum atomic E-state index is 12.6. The predicted molar refractivity (Wildman–Crippen MR) is 105 cm³/mol. The summed E-state index contributed by atoms with van der Waals surface area (Å²) in [5.41, 5.74) is 0.277. The number of thioether (sulfide) groups is 1. The highest BCUT2D eigenvalue weighted by Gasteiger charge is 2.43. The topological polar surface area (TPSA) is 95.3 Å². The van der Waals surface area contributed by atoms with Crippen molar-refractivity contribution in [1.29, 1.82) is 0 Å². The zero-order valence-corrected chi connectivity index (χ0v) is 17.1. The number of carbonyl (C=O) groups excluding carboxylic acids is 3. The smallest absolute Gasteiger partial charge is 0.330 e. The van der Waals surface area contributed by atoms with Crippen molar-refractivity contribution in [2.45, 2.75) is 18.3 Å². The molecule has 3 rings (SSSR count). The van der Waals surface area contributed by atoms with Crippen molar-refractivity contribution in [1.82, 2.24) is 4.90 Å². The molecule has 1 aliphatic heterocycles. The van der Waals surface area contributed by atoms with Crippen LogP contribution in [0.3, 0.4) is 0 Å². The number of amides is 1. The lowest BCUT2D eigenvalue weighted by Crippen LogP contribution is -2.43. The van der Waals surface area contributed by atoms with Crippen LogP contribution in [0.15, 0.2) is 41.0 Å². The first-order valence-electron chi connectivity index (χ1n) is 8.82. The molecule has 0 radical (unpaired) electrons. The Bertz CT molecular complexity index is 896. The van der Waals surface area contributed by atoms with Gasteiger partial charge in [0.25, 0.3) is 0 Å². The van der Waals surface area contributed by atoms with Crippen LogP contribution in [-0.2, 0) is 14.3 Å². The Morgan fingerprint density at radius 2 is 2.00 bits per heavy atom. The molecule has 1 saturated heterocycles. The molecule has 0 aliphatic carbocycles. The highest BCUT2D eigenvalue weighted by atomic mass is 32.2. The number of Topliss-reactive ketones (excluding diaryl/α,β-unsaturated/α-hetero) is 1. The molecule has 1 aromatic carbocycles. The first kappa shape index (κ1) is 20.8. The number of hydrogen-bond acceptors (Lipinski definition) is 8. The second-order valence-corrected chi connectivity index (χ2v) is 7.35. The summed E-state index contributed by atoms with van der Waals surface area (Å²) in [6.07, 6.45) is 1.51. The molecule has 0 bridgehead atoms. The van der Waals surface area contributed by atoms with E-state index in [1.807, 2.05) is 0 Å². The standard InChI is InChI=1S/C20H21NO7S/c1-12(22)21-15(11-29-19(21)17-5-4-8-27-17)20(24)28-10-16(23)14-7-6-13(25-2)9-18(14)26-3/h4-9,15,19H,10-11H2,1-3H3/t15-,19-/m0/s1. The summed E-state index contributed by atoms with van der Waals surface area (Å²) in [6.45, 7) is 0.926. The second-order valence-electron chi connectivity index (χ2n) is 6.24. The van der Waals surface area contributed by atoms with Crippen LogP contribution in [0.25, 0.3) is 0 Å². The molecule has 2 atom stereocenters. The van der Waals surface area contributed by atoms with Crippen molar-refractivity contribution >= 4 is 29.4 Å². The molecule has 0 unspecified atom stereocenters. The van der Waals surface area contributed by atoms with Gasteiger partial charge in [0, 0.05) is 18.7 Å². The number of methoxy groups -OCH3 is 2. The first-order valence-corrected chi connectivity index (χ1v) is 9.87. The quantitative estimate of drug-likeness (QED) is 0.499. The molecule has 1 aromatic heterocycles. The number of ether oxygens (including phenoxy) is 3. The van der Waals surface area contributed by atoms with E-state index in [0.29, 0.717) is 23.0 Å². The number of nitrogens with zero attached hydrogens (tertiary/aromatic N) is 1. The Labute approximate surface area is 172 Å². The largest absolute Gasteiger partial charge is 0.497 e. The lowest BCUT2D eigenvalue weighted by atomic mass is 10.1. The third-order valence-electron chi connectivity index (χ3n) is 4.48.